The van der Waals surface area contributed by atoms with Gasteiger partial charge in [-0.05, 0) is 48.8 Å². The Kier molecular flexibility index (Phi) is 5.13. The molecule has 0 saturated carbocycles. The van der Waals surface area contributed by atoms with Gasteiger partial charge in [0.1, 0.15) is 16.1 Å². The lowest BCUT2D eigenvalue weighted by atomic mass is 10.2. The molecule has 22 heavy (non-hydrogen) atoms. The number of aliphatic imine (C=N–C) groups is 1. The molecule has 116 valence electrons. The van der Waals surface area contributed by atoms with Crippen LogP contribution in [-0.4, -0.2) is 33.5 Å². The molecule has 5 nitrogen and oxygen atoms in total. The second kappa shape index (κ2) is 6.87. The number of fused-ring (bicyclic) bond motifs is 1. The number of nitrogens with zero attached hydrogens (tertiary/aromatic N) is 4. The monoisotopic (exact) mass is 362 g/mol. The van der Waals surface area contributed by atoms with E-state index in [9.17, 15) is 0 Å². The van der Waals surface area contributed by atoms with Crippen molar-refractivity contribution in [1.82, 2.24) is 14.6 Å². The highest BCUT2D eigenvalue weighted by Crippen LogP contribution is 2.19. The Labute approximate surface area is 138 Å². The lowest BCUT2D eigenvalue weighted by Crippen LogP contribution is -2.11. The molecule has 0 N–H and O–H groups in total. The van der Waals surface area contributed by atoms with Crippen LogP contribution in [0.15, 0.2) is 40.5 Å². The van der Waals surface area contributed by atoms with E-state index in [4.69, 9.17) is 4.74 Å². The topological polar surface area (TPSA) is 51.8 Å². The predicted octanol–water partition coefficient (Wildman–Crippen LogP) is 3.88. The van der Waals surface area contributed by atoms with Crippen LogP contribution >= 0.6 is 15.9 Å². The Balaban J connectivity index is 2.76. The number of halogens is 1. The van der Waals surface area contributed by atoms with Gasteiger partial charge in [-0.15, -0.1) is 0 Å². The highest BCUT2D eigenvalue weighted by atomic mass is 79.9. The number of hydrogen-bond acceptors (Lipinski definition) is 4. The molecule has 2 rings (SSSR count). The molecule has 0 unspecified atom stereocenters. The van der Waals surface area contributed by atoms with E-state index in [-0.39, 0.29) is 6.04 Å². The van der Waals surface area contributed by atoms with Crippen LogP contribution in [0.25, 0.3) is 11.4 Å². The van der Waals surface area contributed by atoms with Crippen molar-refractivity contribution in [2.75, 3.05) is 7.11 Å². The van der Waals surface area contributed by atoms with Crippen molar-refractivity contribution in [3.63, 3.8) is 0 Å². The molecule has 0 saturated heterocycles. The Hall–Kier alpha value is -1.95. The highest BCUT2D eigenvalue weighted by Gasteiger charge is 2.14. The molecule has 2 heterocycles. The molecule has 0 radical (unpaired) electrons. The first-order valence-electron chi connectivity index (χ1n) is 6.96. The fourth-order valence-electron chi connectivity index (χ4n) is 2.01. The molecular formula is C16H19BrN4O. The molecule has 2 aromatic heterocycles. The van der Waals surface area contributed by atoms with Gasteiger partial charge in [0.2, 0.25) is 0 Å². The van der Waals surface area contributed by atoms with Crippen molar-refractivity contribution in [3.8, 4) is 0 Å². The van der Waals surface area contributed by atoms with E-state index >= 15 is 0 Å². The van der Waals surface area contributed by atoms with Gasteiger partial charge < -0.3 is 4.74 Å². The second-order valence-corrected chi connectivity index (χ2v) is 5.81. The first-order chi connectivity index (χ1) is 10.5. The maximum atomic E-state index is 5.21. The van der Waals surface area contributed by atoms with Crippen molar-refractivity contribution in [3.05, 3.63) is 46.9 Å². The third kappa shape index (κ3) is 3.44. The zero-order valence-corrected chi connectivity index (χ0v) is 14.8. The van der Waals surface area contributed by atoms with Crippen molar-refractivity contribution in [2.24, 2.45) is 4.99 Å². The molecular weight excluding hydrogens is 344 g/mol. The number of rotatable bonds is 5. The molecule has 0 amide bonds. The summed E-state index contributed by atoms with van der Waals surface area (Å²) in [5, 5.41) is 4.44. The highest BCUT2D eigenvalue weighted by molar-refractivity contribution is 9.10. The lowest BCUT2D eigenvalue weighted by Gasteiger charge is -2.10. The van der Waals surface area contributed by atoms with Crippen LogP contribution in [0.1, 0.15) is 32.2 Å². The van der Waals surface area contributed by atoms with Crippen molar-refractivity contribution in [2.45, 2.75) is 26.8 Å². The van der Waals surface area contributed by atoms with Gasteiger partial charge in [-0.3, -0.25) is 4.99 Å². The third-order valence-electron chi connectivity index (χ3n) is 2.91. The van der Waals surface area contributed by atoms with Crippen LogP contribution in [0, 0.1) is 0 Å². The van der Waals surface area contributed by atoms with Crippen LogP contribution in [0.2, 0.25) is 0 Å². The Bertz CT molecular complexity index is 759. The molecule has 0 atom stereocenters. The molecule has 0 aliphatic carbocycles. The van der Waals surface area contributed by atoms with Crippen LogP contribution < -0.4 is 0 Å². The van der Waals surface area contributed by atoms with E-state index in [1.807, 2.05) is 45.1 Å². The average molecular weight is 363 g/mol. The fourth-order valence-corrected chi connectivity index (χ4v) is 2.37. The fraction of sp³-hybridized carbons (Fsp3) is 0.312. The Morgan fingerprint density at radius 1 is 1.45 bits per heavy atom. The molecule has 0 aliphatic heterocycles. The van der Waals surface area contributed by atoms with Gasteiger partial charge >= 0.3 is 0 Å². The molecule has 0 aromatic carbocycles. The summed E-state index contributed by atoms with van der Waals surface area (Å²) in [4.78, 5) is 9.19. The summed E-state index contributed by atoms with van der Waals surface area (Å²) in [5.74, 6) is 0.505. The average Bonchev–Trinajstić information content (AvgIpc) is 2.84. The van der Waals surface area contributed by atoms with Gasteiger partial charge in [0.05, 0.1) is 18.5 Å². The minimum atomic E-state index is 0.169. The van der Waals surface area contributed by atoms with E-state index in [0.29, 0.717) is 21.7 Å². The van der Waals surface area contributed by atoms with Crippen molar-refractivity contribution in [1.29, 1.82) is 0 Å². The van der Waals surface area contributed by atoms with E-state index in [1.54, 1.807) is 11.6 Å². The first-order valence-corrected chi connectivity index (χ1v) is 7.76. The summed E-state index contributed by atoms with van der Waals surface area (Å²) < 4.78 is 7.69. The SMILES string of the molecule is C=C(OC)c1cc(C(/C=C\C)=N/C(C)C)n2nc(Br)cc2n1. The zero-order valence-electron chi connectivity index (χ0n) is 13.2. The minimum Gasteiger partial charge on any atom is -0.495 e. The zero-order chi connectivity index (χ0) is 16.3. The predicted molar refractivity (Wildman–Crippen MR) is 93.2 cm³/mol. The largest absolute Gasteiger partial charge is 0.495 e. The van der Waals surface area contributed by atoms with Gasteiger partial charge in [0.25, 0.3) is 0 Å². The van der Waals surface area contributed by atoms with Gasteiger partial charge in [-0.2, -0.15) is 5.10 Å². The standard InChI is InChI=1S/C16H19BrN4O/c1-6-7-12(18-10(2)3)14-8-13(11(4)22-5)19-16-9-15(17)20-21(14)16/h6-10H,4H2,1-3,5H3/b7-6-,18-12+. The summed E-state index contributed by atoms with van der Waals surface area (Å²) in [7, 11) is 1.58. The molecule has 2 aromatic rings. The van der Waals surface area contributed by atoms with Gasteiger partial charge in [0.15, 0.2) is 5.65 Å². The summed E-state index contributed by atoms with van der Waals surface area (Å²) in [6.07, 6.45) is 3.92. The van der Waals surface area contributed by atoms with Crippen LogP contribution in [0.4, 0.5) is 0 Å². The minimum absolute atomic E-state index is 0.169. The first kappa shape index (κ1) is 16.4. The second-order valence-electron chi connectivity index (χ2n) is 5.00. The molecule has 6 heteroatoms. The maximum absolute atomic E-state index is 5.21. The van der Waals surface area contributed by atoms with Crippen molar-refractivity contribution < 1.29 is 4.74 Å². The normalized spacial score (nSPS) is 12.5. The van der Waals surface area contributed by atoms with Gasteiger partial charge in [0, 0.05) is 12.1 Å². The van der Waals surface area contributed by atoms with Crippen molar-refractivity contribution >= 4 is 33.0 Å². The number of hydrogen-bond donors (Lipinski definition) is 0. The molecule has 0 bridgehead atoms. The van der Waals surface area contributed by atoms with Gasteiger partial charge in [-0.25, -0.2) is 9.50 Å². The number of methoxy groups -OCH3 is 1. The number of allylic oxidation sites excluding steroid dienone is 2. The summed E-state index contributed by atoms with van der Waals surface area (Å²) in [6, 6.07) is 3.90. The molecule has 0 spiro atoms. The summed E-state index contributed by atoms with van der Waals surface area (Å²) in [6.45, 7) is 9.92. The third-order valence-corrected chi connectivity index (χ3v) is 3.30. The van der Waals surface area contributed by atoms with Gasteiger partial charge in [-0.1, -0.05) is 12.7 Å². The maximum Gasteiger partial charge on any atom is 0.157 e. The van der Waals surface area contributed by atoms with Crippen LogP contribution in [0.5, 0.6) is 0 Å². The smallest absolute Gasteiger partial charge is 0.157 e. The summed E-state index contributed by atoms with van der Waals surface area (Å²) in [5.41, 5.74) is 3.05. The van der Waals surface area contributed by atoms with E-state index < -0.39 is 0 Å². The van der Waals surface area contributed by atoms with Crippen LogP contribution in [0.3, 0.4) is 0 Å². The van der Waals surface area contributed by atoms with E-state index in [2.05, 4.69) is 37.6 Å². The Morgan fingerprint density at radius 3 is 2.77 bits per heavy atom. The summed E-state index contributed by atoms with van der Waals surface area (Å²) >= 11 is 3.39. The quantitative estimate of drug-likeness (QED) is 0.598. The molecule has 0 fully saturated rings. The van der Waals surface area contributed by atoms with E-state index in [0.717, 1.165) is 11.4 Å². The lowest BCUT2D eigenvalue weighted by molar-refractivity contribution is 0.369. The number of aromatic nitrogens is 3. The molecule has 0 aliphatic rings. The van der Waals surface area contributed by atoms with E-state index in [1.165, 1.54) is 0 Å². The Morgan fingerprint density at radius 2 is 2.18 bits per heavy atom. The van der Waals surface area contributed by atoms with Crippen LogP contribution in [-0.2, 0) is 4.74 Å². The number of ether oxygens (including phenoxy) is 1.